The molecular formula is C22H36N4O4. The number of pyridine rings is 1. The first-order chi connectivity index (χ1) is 14.2. The highest BCUT2D eigenvalue weighted by Crippen LogP contribution is 2.44. The molecule has 8 heteroatoms. The summed E-state index contributed by atoms with van der Waals surface area (Å²) in [5, 5.41) is 18.5. The number of fused-ring (bicyclic) bond motifs is 1. The molecule has 0 spiro atoms. The predicted octanol–water partition coefficient (Wildman–Crippen LogP) is 2.13. The van der Waals surface area contributed by atoms with Crippen molar-refractivity contribution in [3.8, 4) is 0 Å². The molecule has 8 nitrogen and oxygen atoms in total. The van der Waals surface area contributed by atoms with Crippen LogP contribution < -0.4 is 16.8 Å². The minimum Gasteiger partial charge on any atom is -0.480 e. The number of carboxylic acid groups (broad SMARTS) is 1. The molecule has 1 saturated heterocycles. The van der Waals surface area contributed by atoms with E-state index in [2.05, 4.69) is 29.2 Å². The molecule has 0 amide bonds. The number of nitrogens with zero attached hydrogens (tertiary/aromatic N) is 1. The van der Waals surface area contributed by atoms with Crippen molar-refractivity contribution in [1.82, 2.24) is 15.4 Å². The van der Waals surface area contributed by atoms with E-state index in [1.54, 1.807) is 6.07 Å². The molecule has 0 aromatic carbocycles. The molecule has 0 saturated carbocycles. The van der Waals surface area contributed by atoms with Gasteiger partial charge < -0.3 is 21.0 Å². The van der Waals surface area contributed by atoms with Crippen LogP contribution in [0.4, 0.5) is 0 Å². The van der Waals surface area contributed by atoms with Crippen molar-refractivity contribution in [1.29, 1.82) is 0 Å². The molecule has 2 atom stereocenters. The summed E-state index contributed by atoms with van der Waals surface area (Å²) in [4.78, 5) is 29.2. The summed E-state index contributed by atoms with van der Waals surface area (Å²) in [5.74, 6) is -0.997. The fourth-order valence-corrected chi connectivity index (χ4v) is 5.35. The van der Waals surface area contributed by atoms with E-state index in [1.165, 1.54) is 5.56 Å². The number of piperidine rings is 1. The molecule has 1 aromatic heterocycles. The maximum absolute atomic E-state index is 12.0. The van der Waals surface area contributed by atoms with Crippen LogP contribution in [0.3, 0.4) is 0 Å². The number of aliphatic carboxylic acids is 1. The maximum Gasteiger partial charge on any atom is 0.323 e. The molecule has 2 aliphatic rings. The largest absolute Gasteiger partial charge is 0.480 e. The van der Waals surface area contributed by atoms with Gasteiger partial charge in [-0.3, -0.25) is 14.5 Å². The lowest BCUT2D eigenvalue weighted by Gasteiger charge is -2.46. The van der Waals surface area contributed by atoms with Crippen molar-refractivity contribution < 1.29 is 15.1 Å². The Hall–Kier alpha value is -1.74. The molecule has 2 heterocycles. The first-order valence-corrected chi connectivity index (χ1v) is 11.1. The van der Waals surface area contributed by atoms with Gasteiger partial charge in [0.1, 0.15) is 5.54 Å². The zero-order valence-corrected chi connectivity index (χ0v) is 18.1. The summed E-state index contributed by atoms with van der Waals surface area (Å²) < 4.78 is 0. The average molecular weight is 421 g/mol. The minimum atomic E-state index is -1.22. The number of carboxylic acids is 1. The van der Waals surface area contributed by atoms with Gasteiger partial charge in [-0.1, -0.05) is 13.8 Å². The van der Waals surface area contributed by atoms with Crippen LogP contribution in [0, 0.1) is 5.92 Å². The summed E-state index contributed by atoms with van der Waals surface area (Å²) >= 11 is 0. The molecule has 1 aromatic rings. The van der Waals surface area contributed by atoms with Gasteiger partial charge in [0.25, 0.3) is 0 Å². The van der Waals surface area contributed by atoms with Crippen molar-refractivity contribution in [2.45, 2.75) is 75.8 Å². The van der Waals surface area contributed by atoms with E-state index in [-0.39, 0.29) is 22.9 Å². The van der Waals surface area contributed by atoms with E-state index in [0.29, 0.717) is 25.8 Å². The monoisotopic (exact) mass is 420 g/mol. The first-order valence-electron chi connectivity index (χ1n) is 11.1. The van der Waals surface area contributed by atoms with Gasteiger partial charge in [0, 0.05) is 24.8 Å². The lowest BCUT2D eigenvalue weighted by atomic mass is 9.70. The first kappa shape index (κ1) is 22.9. The Kier molecular flexibility index (Phi) is 7.02. The number of carbonyl (C=O) groups is 1. The quantitative estimate of drug-likeness (QED) is 0.321. The third-order valence-corrected chi connectivity index (χ3v) is 7.31. The number of nitrogens with two attached hydrogens (primary N) is 1. The molecule has 168 valence electrons. The molecule has 0 bridgehead atoms. The van der Waals surface area contributed by atoms with Crippen molar-refractivity contribution in [3.05, 3.63) is 33.7 Å². The smallest absolute Gasteiger partial charge is 0.323 e. The Morgan fingerprint density at radius 1 is 1.33 bits per heavy atom. The zero-order valence-electron chi connectivity index (χ0n) is 18.1. The molecule has 2 unspecified atom stereocenters. The topological polar surface area (TPSA) is 132 Å². The van der Waals surface area contributed by atoms with Gasteiger partial charge in [-0.05, 0) is 80.5 Å². The van der Waals surface area contributed by atoms with Gasteiger partial charge >= 0.3 is 5.97 Å². The van der Waals surface area contributed by atoms with Crippen LogP contribution in [0.1, 0.15) is 76.0 Å². The molecule has 1 fully saturated rings. The fraction of sp³-hybridized carbons (Fsp3) is 0.727. The van der Waals surface area contributed by atoms with Crippen LogP contribution in [0.15, 0.2) is 17.1 Å². The number of hydrogen-bond donors (Lipinski definition) is 5. The Balaban J connectivity index is 1.69. The SMILES string of the molecule is CC1(C)CCC(N2CCC(C(N)(CCCCNO)C(=O)O)CC2)c2c[nH]c(=O)cc21. The third-order valence-electron chi connectivity index (χ3n) is 7.31. The fourth-order valence-electron chi connectivity index (χ4n) is 5.35. The van der Waals surface area contributed by atoms with Crippen LogP contribution in [0.5, 0.6) is 0 Å². The van der Waals surface area contributed by atoms with Gasteiger partial charge in [0.15, 0.2) is 0 Å². The molecule has 0 radical (unpaired) electrons. The average Bonchev–Trinajstić information content (AvgIpc) is 2.71. The number of hydrogen-bond acceptors (Lipinski definition) is 6. The van der Waals surface area contributed by atoms with Crippen LogP contribution >= 0.6 is 0 Å². The lowest BCUT2D eigenvalue weighted by Crippen LogP contribution is -2.57. The number of aromatic amines is 1. The highest BCUT2D eigenvalue weighted by molar-refractivity contribution is 5.79. The lowest BCUT2D eigenvalue weighted by molar-refractivity contribution is -0.147. The normalized spacial score (nSPS) is 24.2. The summed E-state index contributed by atoms with van der Waals surface area (Å²) in [7, 11) is 0. The second-order valence-corrected chi connectivity index (χ2v) is 9.63. The standard InChI is InChI=1S/C22H36N4O4/c1-21(2)9-5-18(16-14-24-19(27)13-17(16)21)26-11-6-15(7-12-26)22(23,20(28)29)8-3-4-10-25-30/h13-15,18,25,30H,3-12,23H2,1-2H3,(H,24,27)(H,28,29). The van der Waals surface area contributed by atoms with E-state index >= 15 is 0 Å². The number of unbranched alkanes of at least 4 members (excludes halogenated alkanes) is 1. The van der Waals surface area contributed by atoms with Crippen molar-refractivity contribution >= 4 is 5.97 Å². The molecule has 6 N–H and O–H groups in total. The minimum absolute atomic E-state index is 0.0163. The number of aromatic nitrogens is 1. The highest BCUT2D eigenvalue weighted by atomic mass is 16.5. The molecule has 3 rings (SSSR count). The molecule has 1 aliphatic heterocycles. The predicted molar refractivity (Wildman–Crippen MR) is 115 cm³/mol. The molecule has 1 aliphatic carbocycles. The van der Waals surface area contributed by atoms with Crippen LogP contribution in [0.25, 0.3) is 0 Å². The van der Waals surface area contributed by atoms with Crippen molar-refractivity contribution in [2.24, 2.45) is 11.7 Å². The van der Waals surface area contributed by atoms with Gasteiger partial charge in [-0.25, -0.2) is 5.48 Å². The van der Waals surface area contributed by atoms with Gasteiger partial charge in [-0.15, -0.1) is 0 Å². The van der Waals surface area contributed by atoms with E-state index in [0.717, 1.165) is 44.3 Å². The van der Waals surface area contributed by atoms with Gasteiger partial charge in [-0.2, -0.15) is 0 Å². The maximum atomic E-state index is 12.0. The van der Waals surface area contributed by atoms with E-state index < -0.39 is 11.5 Å². The van der Waals surface area contributed by atoms with Crippen LogP contribution in [-0.4, -0.2) is 51.3 Å². The van der Waals surface area contributed by atoms with Crippen LogP contribution in [0.2, 0.25) is 0 Å². The highest BCUT2D eigenvalue weighted by Gasteiger charge is 2.44. The number of H-pyrrole nitrogens is 1. The zero-order chi connectivity index (χ0) is 21.9. The number of likely N-dealkylation sites (tertiary alicyclic amines) is 1. The number of rotatable bonds is 8. The Morgan fingerprint density at radius 3 is 2.67 bits per heavy atom. The number of nitrogens with one attached hydrogen (secondary N) is 2. The Bertz CT molecular complexity index is 801. The van der Waals surface area contributed by atoms with Crippen LogP contribution in [-0.2, 0) is 10.2 Å². The van der Waals surface area contributed by atoms with E-state index in [4.69, 9.17) is 10.9 Å². The van der Waals surface area contributed by atoms with Crippen molar-refractivity contribution in [3.63, 3.8) is 0 Å². The summed E-state index contributed by atoms with van der Waals surface area (Å²) in [6, 6.07) is 1.99. The Morgan fingerprint density at radius 2 is 2.03 bits per heavy atom. The van der Waals surface area contributed by atoms with Crippen molar-refractivity contribution in [2.75, 3.05) is 19.6 Å². The van der Waals surface area contributed by atoms with Gasteiger partial charge in [0.05, 0.1) is 0 Å². The third kappa shape index (κ3) is 4.61. The number of hydroxylamine groups is 1. The molecule has 30 heavy (non-hydrogen) atoms. The Labute approximate surface area is 177 Å². The van der Waals surface area contributed by atoms with E-state index in [1.807, 2.05) is 6.20 Å². The second kappa shape index (κ2) is 9.18. The van der Waals surface area contributed by atoms with E-state index in [9.17, 15) is 14.7 Å². The molecular weight excluding hydrogens is 384 g/mol. The van der Waals surface area contributed by atoms with Gasteiger partial charge in [0.2, 0.25) is 5.56 Å². The second-order valence-electron chi connectivity index (χ2n) is 9.63. The summed E-state index contributed by atoms with van der Waals surface area (Å²) in [5.41, 5.74) is 9.53. The summed E-state index contributed by atoms with van der Waals surface area (Å²) in [6.07, 6.45) is 7.18. The summed E-state index contributed by atoms with van der Waals surface area (Å²) in [6.45, 7) is 6.43.